The van der Waals surface area contributed by atoms with E-state index in [1.807, 2.05) is 19.9 Å². The van der Waals surface area contributed by atoms with Crippen LogP contribution in [0.1, 0.15) is 61.6 Å². The van der Waals surface area contributed by atoms with Crippen LogP contribution in [-0.2, 0) is 11.3 Å². The predicted octanol–water partition coefficient (Wildman–Crippen LogP) is 3.99. The van der Waals surface area contributed by atoms with Gasteiger partial charge in [0.15, 0.2) is 0 Å². The van der Waals surface area contributed by atoms with Gasteiger partial charge < -0.3 is 14.4 Å². The third kappa shape index (κ3) is 5.01. The van der Waals surface area contributed by atoms with Gasteiger partial charge in [-0.15, -0.1) is 0 Å². The van der Waals surface area contributed by atoms with E-state index in [2.05, 4.69) is 54.3 Å². The molecule has 7 nitrogen and oxygen atoms in total. The normalized spacial score (nSPS) is 14.8. The maximum Gasteiger partial charge on any atom is 0.264 e. The average Bonchev–Trinajstić information content (AvgIpc) is 3.04. The van der Waals surface area contributed by atoms with Crippen molar-refractivity contribution in [2.24, 2.45) is 0 Å². The number of anilines is 1. The molecule has 1 saturated heterocycles. The molecule has 170 valence electrons. The van der Waals surface area contributed by atoms with Gasteiger partial charge in [-0.25, -0.2) is 9.97 Å². The summed E-state index contributed by atoms with van der Waals surface area (Å²) in [6, 6.07) is 6.18. The number of carbonyl (C=O) groups is 1. The largest absolute Gasteiger partial charge is 0.353 e. The zero-order valence-corrected chi connectivity index (χ0v) is 20.1. The summed E-state index contributed by atoms with van der Waals surface area (Å²) in [6.07, 6.45) is 2.78. The Morgan fingerprint density at radius 1 is 1.16 bits per heavy atom. The summed E-state index contributed by atoms with van der Waals surface area (Å²) in [5, 5.41) is 9.70. The summed E-state index contributed by atoms with van der Waals surface area (Å²) >= 11 is 0. The van der Waals surface area contributed by atoms with E-state index in [0.717, 1.165) is 47.3 Å². The van der Waals surface area contributed by atoms with Crippen LogP contribution in [0.25, 0.3) is 6.08 Å². The van der Waals surface area contributed by atoms with Crippen molar-refractivity contribution >= 4 is 17.8 Å². The highest BCUT2D eigenvalue weighted by Crippen LogP contribution is 2.21. The van der Waals surface area contributed by atoms with Crippen LogP contribution in [0, 0.1) is 32.1 Å². The molecule has 0 saturated carbocycles. The number of carbonyl (C=O) groups excluding carboxylic acids is 1. The first-order valence-electron chi connectivity index (χ1n) is 11.4. The van der Waals surface area contributed by atoms with Gasteiger partial charge >= 0.3 is 0 Å². The van der Waals surface area contributed by atoms with Gasteiger partial charge in [0.1, 0.15) is 23.3 Å². The lowest BCUT2D eigenvalue weighted by atomic mass is 10.1. The summed E-state index contributed by atoms with van der Waals surface area (Å²) in [7, 11) is 0. The number of aryl methyl sites for hydroxylation is 2. The van der Waals surface area contributed by atoms with E-state index in [-0.39, 0.29) is 17.4 Å². The lowest BCUT2D eigenvalue weighted by molar-refractivity contribution is -0.126. The molecule has 2 aromatic heterocycles. The lowest BCUT2D eigenvalue weighted by Gasteiger charge is -2.35. The summed E-state index contributed by atoms with van der Waals surface area (Å²) in [6.45, 7) is 15.8. The third-order valence-electron chi connectivity index (χ3n) is 5.98. The zero-order chi connectivity index (χ0) is 23.4. The van der Waals surface area contributed by atoms with Gasteiger partial charge in [-0.1, -0.05) is 20.8 Å². The summed E-state index contributed by atoms with van der Waals surface area (Å²) in [4.78, 5) is 26.3. The summed E-state index contributed by atoms with van der Waals surface area (Å²) in [5.41, 5.74) is 4.32. The van der Waals surface area contributed by atoms with Crippen molar-refractivity contribution in [3.8, 4) is 6.07 Å². The molecule has 0 bridgehead atoms. The van der Waals surface area contributed by atoms with E-state index in [1.54, 1.807) is 11.0 Å². The minimum atomic E-state index is -0.200. The summed E-state index contributed by atoms with van der Waals surface area (Å²) < 4.78 is 2.24. The van der Waals surface area contributed by atoms with Gasteiger partial charge in [0, 0.05) is 61.8 Å². The molecule has 0 aliphatic carbocycles. The van der Waals surface area contributed by atoms with Crippen LogP contribution in [0.4, 0.5) is 5.82 Å². The fraction of sp³-hybridized carbons (Fsp3) is 0.520. The predicted molar refractivity (Wildman–Crippen MR) is 127 cm³/mol. The monoisotopic (exact) mass is 434 g/mol. The van der Waals surface area contributed by atoms with Crippen molar-refractivity contribution in [1.29, 1.82) is 5.26 Å². The number of nitriles is 1. The number of aromatic nitrogens is 3. The number of nitrogens with zero attached hydrogens (tertiary/aromatic N) is 6. The molecule has 1 amide bonds. The Balaban J connectivity index is 1.73. The lowest BCUT2D eigenvalue weighted by Crippen LogP contribution is -2.49. The molecular formula is C25H34N6O. The molecule has 0 aromatic carbocycles. The fourth-order valence-electron chi connectivity index (χ4n) is 4.14. The Bertz CT molecular complexity index is 1050. The SMILES string of the molecule is CCCn1c(C)cc(/C=C(\C#N)C(=O)N2CCN(c3cc(C)nc(C(C)C)n3)CC2)c1C. The average molecular weight is 435 g/mol. The maximum atomic E-state index is 13.1. The zero-order valence-electron chi connectivity index (χ0n) is 20.1. The highest BCUT2D eigenvalue weighted by molar-refractivity contribution is 6.02. The van der Waals surface area contributed by atoms with Crippen LogP contribution < -0.4 is 4.90 Å². The fourth-order valence-corrected chi connectivity index (χ4v) is 4.14. The highest BCUT2D eigenvalue weighted by Gasteiger charge is 2.25. The van der Waals surface area contributed by atoms with E-state index in [0.29, 0.717) is 26.2 Å². The molecule has 0 N–H and O–H groups in total. The molecule has 0 unspecified atom stereocenters. The first kappa shape index (κ1) is 23.5. The van der Waals surface area contributed by atoms with E-state index >= 15 is 0 Å². The van der Waals surface area contributed by atoms with Crippen LogP contribution in [0.2, 0.25) is 0 Å². The molecule has 32 heavy (non-hydrogen) atoms. The van der Waals surface area contributed by atoms with Gasteiger partial charge in [0.25, 0.3) is 5.91 Å². The van der Waals surface area contributed by atoms with Crippen LogP contribution in [0.15, 0.2) is 17.7 Å². The van der Waals surface area contributed by atoms with Gasteiger partial charge in [-0.3, -0.25) is 4.79 Å². The Hall–Kier alpha value is -3.14. The number of hydrogen-bond acceptors (Lipinski definition) is 5. The first-order valence-corrected chi connectivity index (χ1v) is 11.4. The topological polar surface area (TPSA) is 78.0 Å². The van der Waals surface area contributed by atoms with Crippen molar-refractivity contribution in [3.05, 3.63) is 46.2 Å². The van der Waals surface area contributed by atoms with Gasteiger partial charge in [0.05, 0.1) is 0 Å². The van der Waals surface area contributed by atoms with Gasteiger partial charge in [-0.2, -0.15) is 5.26 Å². The van der Waals surface area contributed by atoms with Crippen molar-refractivity contribution in [1.82, 2.24) is 19.4 Å². The smallest absolute Gasteiger partial charge is 0.264 e. The number of piperazine rings is 1. The van der Waals surface area contributed by atoms with E-state index in [4.69, 9.17) is 4.98 Å². The standard InChI is InChI=1S/C25H34N6O/c1-7-8-31-19(5)14-21(20(31)6)15-22(16-26)25(32)30-11-9-29(10-12-30)23-13-18(4)27-24(28-23)17(2)3/h13-15,17H,7-12H2,1-6H3/b22-15+. The molecule has 7 heteroatoms. The number of rotatable bonds is 6. The second-order valence-corrected chi connectivity index (χ2v) is 8.81. The van der Waals surface area contributed by atoms with Crippen LogP contribution in [0.3, 0.4) is 0 Å². The molecule has 2 aromatic rings. The quantitative estimate of drug-likeness (QED) is 0.507. The molecule has 1 aliphatic heterocycles. The van der Waals surface area contributed by atoms with E-state index in [1.165, 1.54) is 0 Å². The Labute approximate surface area is 191 Å². The van der Waals surface area contributed by atoms with Crippen LogP contribution in [0.5, 0.6) is 0 Å². The highest BCUT2D eigenvalue weighted by atomic mass is 16.2. The molecule has 3 rings (SSSR count). The summed E-state index contributed by atoms with van der Waals surface area (Å²) in [5.74, 6) is 1.81. The molecule has 0 atom stereocenters. The number of amides is 1. The minimum absolute atomic E-state index is 0.190. The number of hydrogen-bond donors (Lipinski definition) is 0. The van der Waals surface area contributed by atoms with Gasteiger partial charge in [0.2, 0.25) is 0 Å². The van der Waals surface area contributed by atoms with Crippen molar-refractivity contribution < 1.29 is 4.79 Å². The Kier molecular flexibility index (Phi) is 7.34. The maximum absolute atomic E-state index is 13.1. The second-order valence-electron chi connectivity index (χ2n) is 8.81. The Morgan fingerprint density at radius 3 is 2.44 bits per heavy atom. The van der Waals surface area contributed by atoms with Crippen molar-refractivity contribution in [2.75, 3.05) is 31.1 Å². The molecular weight excluding hydrogens is 400 g/mol. The second kappa shape index (κ2) is 9.99. The molecule has 1 fully saturated rings. The Morgan fingerprint density at radius 2 is 1.84 bits per heavy atom. The molecule has 3 heterocycles. The van der Waals surface area contributed by atoms with E-state index < -0.39 is 0 Å². The molecule has 0 radical (unpaired) electrons. The third-order valence-corrected chi connectivity index (χ3v) is 5.98. The van der Waals surface area contributed by atoms with Crippen molar-refractivity contribution in [3.63, 3.8) is 0 Å². The van der Waals surface area contributed by atoms with E-state index in [9.17, 15) is 10.1 Å². The van der Waals surface area contributed by atoms with Gasteiger partial charge in [-0.05, 0) is 44.9 Å². The first-order chi connectivity index (χ1) is 15.2. The minimum Gasteiger partial charge on any atom is -0.353 e. The van der Waals surface area contributed by atoms with Crippen LogP contribution in [-0.4, -0.2) is 51.5 Å². The van der Waals surface area contributed by atoms with Crippen LogP contribution >= 0.6 is 0 Å². The molecule has 0 spiro atoms. The van der Waals surface area contributed by atoms with Crippen molar-refractivity contribution in [2.45, 2.75) is 60.4 Å². The molecule has 1 aliphatic rings.